The van der Waals surface area contributed by atoms with E-state index in [-0.39, 0.29) is 18.4 Å². The maximum Gasteiger partial charge on any atom is 0.155 e. The highest BCUT2D eigenvalue weighted by Crippen LogP contribution is 2.17. The molecule has 0 saturated carbocycles. The lowest BCUT2D eigenvalue weighted by molar-refractivity contribution is 0.122. The predicted octanol–water partition coefficient (Wildman–Crippen LogP) is 0.940. The molecule has 2 aromatic heterocycles. The van der Waals surface area contributed by atoms with E-state index in [1.807, 2.05) is 25.3 Å². The number of anilines is 1. The van der Waals surface area contributed by atoms with Gasteiger partial charge in [-0.1, -0.05) is 0 Å². The maximum absolute atomic E-state index is 5.87. The summed E-state index contributed by atoms with van der Waals surface area (Å²) in [5.41, 5.74) is 6.97. The zero-order valence-electron chi connectivity index (χ0n) is 11.8. The van der Waals surface area contributed by atoms with Crippen molar-refractivity contribution >= 4 is 18.1 Å². The zero-order valence-corrected chi connectivity index (χ0v) is 12.7. The van der Waals surface area contributed by atoms with Crippen LogP contribution in [0.4, 0.5) is 5.69 Å². The van der Waals surface area contributed by atoms with Gasteiger partial charge in [0, 0.05) is 13.1 Å². The Morgan fingerprint density at radius 1 is 1.24 bits per heavy atom. The van der Waals surface area contributed by atoms with Crippen LogP contribution < -0.4 is 10.6 Å². The number of halogens is 1. The van der Waals surface area contributed by atoms with Gasteiger partial charge in [-0.25, -0.2) is 9.97 Å². The lowest BCUT2D eigenvalue weighted by Gasteiger charge is -2.28. The third-order valence-electron chi connectivity index (χ3n) is 3.31. The van der Waals surface area contributed by atoms with Gasteiger partial charge < -0.3 is 15.4 Å². The van der Waals surface area contributed by atoms with Crippen LogP contribution in [0, 0.1) is 0 Å². The first kappa shape index (κ1) is 15.7. The number of nitrogens with two attached hydrogens (primary N) is 1. The van der Waals surface area contributed by atoms with Gasteiger partial charge in [0.2, 0.25) is 0 Å². The van der Waals surface area contributed by atoms with E-state index in [0.717, 1.165) is 37.8 Å². The average molecular weight is 311 g/mol. The third kappa shape index (κ3) is 3.31. The van der Waals surface area contributed by atoms with Crippen molar-refractivity contribution < 1.29 is 4.74 Å². The fourth-order valence-electron chi connectivity index (χ4n) is 2.25. The van der Waals surface area contributed by atoms with Gasteiger partial charge in [0.15, 0.2) is 11.6 Å². The second kappa shape index (κ2) is 6.84. The van der Waals surface area contributed by atoms with E-state index in [0.29, 0.717) is 5.82 Å². The Morgan fingerprint density at radius 2 is 2.00 bits per heavy atom. The number of morpholine rings is 1. The summed E-state index contributed by atoms with van der Waals surface area (Å²) in [6.45, 7) is 5.20. The lowest BCUT2D eigenvalue weighted by atomic mass is 10.3. The smallest absolute Gasteiger partial charge is 0.155 e. The van der Waals surface area contributed by atoms with Crippen LogP contribution in [0.2, 0.25) is 0 Å². The SMILES string of the molecule is C[C@H](N)c1ncnn1-c1ccc(N2CCOCC2)cn1.Cl. The van der Waals surface area contributed by atoms with Crippen molar-refractivity contribution in [3.63, 3.8) is 0 Å². The first-order valence-corrected chi connectivity index (χ1v) is 6.70. The van der Waals surface area contributed by atoms with E-state index in [4.69, 9.17) is 10.5 Å². The molecule has 7 nitrogen and oxygen atoms in total. The van der Waals surface area contributed by atoms with Gasteiger partial charge >= 0.3 is 0 Å². The number of hydrogen-bond donors (Lipinski definition) is 1. The highest BCUT2D eigenvalue weighted by molar-refractivity contribution is 5.85. The second-order valence-corrected chi connectivity index (χ2v) is 4.79. The first-order valence-electron chi connectivity index (χ1n) is 6.70. The highest BCUT2D eigenvalue weighted by Gasteiger charge is 2.14. The Labute approximate surface area is 129 Å². The number of aromatic nitrogens is 4. The monoisotopic (exact) mass is 310 g/mol. The standard InChI is InChI=1S/C13H18N6O.ClH/c1-10(14)13-16-9-17-19(13)12-3-2-11(8-15-12)18-4-6-20-7-5-18;/h2-3,8-10H,4-7,14H2,1H3;1H/t10-;/m0./s1. The minimum absolute atomic E-state index is 0. The summed E-state index contributed by atoms with van der Waals surface area (Å²) >= 11 is 0. The molecule has 1 saturated heterocycles. The van der Waals surface area contributed by atoms with E-state index < -0.39 is 0 Å². The number of nitrogens with zero attached hydrogens (tertiary/aromatic N) is 5. The molecule has 0 unspecified atom stereocenters. The van der Waals surface area contributed by atoms with Crippen molar-refractivity contribution in [1.29, 1.82) is 0 Å². The third-order valence-corrected chi connectivity index (χ3v) is 3.31. The topological polar surface area (TPSA) is 82.1 Å². The fraction of sp³-hybridized carbons (Fsp3) is 0.462. The van der Waals surface area contributed by atoms with Crippen LogP contribution in [0.5, 0.6) is 0 Å². The zero-order chi connectivity index (χ0) is 13.9. The molecular weight excluding hydrogens is 292 g/mol. The summed E-state index contributed by atoms with van der Waals surface area (Å²) < 4.78 is 7.02. The molecule has 1 fully saturated rings. The molecule has 0 bridgehead atoms. The Morgan fingerprint density at radius 3 is 2.62 bits per heavy atom. The minimum atomic E-state index is -0.182. The minimum Gasteiger partial charge on any atom is -0.378 e. The quantitative estimate of drug-likeness (QED) is 0.908. The number of pyridine rings is 1. The van der Waals surface area contributed by atoms with E-state index in [9.17, 15) is 0 Å². The van der Waals surface area contributed by atoms with Gasteiger partial charge in [0.1, 0.15) is 6.33 Å². The van der Waals surface area contributed by atoms with Gasteiger partial charge in [-0.15, -0.1) is 12.4 Å². The molecule has 0 amide bonds. The van der Waals surface area contributed by atoms with Crippen molar-refractivity contribution in [2.75, 3.05) is 31.2 Å². The van der Waals surface area contributed by atoms with Crippen LogP contribution in [-0.4, -0.2) is 46.1 Å². The predicted molar refractivity (Wildman–Crippen MR) is 82.0 cm³/mol. The van der Waals surface area contributed by atoms with Crippen molar-refractivity contribution in [2.24, 2.45) is 5.73 Å². The second-order valence-electron chi connectivity index (χ2n) is 4.79. The molecule has 0 spiro atoms. The van der Waals surface area contributed by atoms with E-state index >= 15 is 0 Å². The summed E-state index contributed by atoms with van der Waals surface area (Å²) in [7, 11) is 0. The summed E-state index contributed by atoms with van der Waals surface area (Å²) in [5, 5.41) is 4.18. The van der Waals surface area contributed by atoms with Crippen LogP contribution in [0.1, 0.15) is 18.8 Å². The molecule has 8 heteroatoms. The van der Waals surface area contributed by atoms with Gasteiger partial charge in [-0.3, -0.25) is 0 Å². The highest BCUT2D eigenvalue weighted by atomic mass is 35.5. The molecule has 1 atom stereocenters. The molecule has 0 radical (unpaired) electrons. The van der Waals surface area contributed by atoms with E-state index in [1.165, 1.54) is 6.33 Å². The summed E-state index contributed by atoms with van der Waals surface area (Å²) in [6, 6.07) is 3.80. The van der Waals surface area contributed by atoms with Crippen LogP contribution in [-0.2, 0) is 4.74 Å². The van der Waals surface area contributed by atoms with E-state index in [2.05, 4.69) is 20.0 Å². The van der Waals surface area contributed by atoms with E-state index in [1.54, 1.807) is 4.68 Å². The lowest BCUT2D eigenvalue weighted by Crippen LogP contribution is -2.36. The fourth-order valence-corrected chi connectivity index (χ4v) is 2.25. The molecule has 1 aliphatic rings. The number of rotatable bonds is 3. The Kier molecular flexibility index (Phi) is 5.11. The molecule has 2 N–H and O–H groups in total. The van der Waals surface area contributed by atoms with Crippen LogP contribution in [0.25, 0.3) is 5.82 Å². The number of ether oxygens (including phenoxy) is 1. The van der Waals surface area contributed by atoms with Crippen LogP contribution >= 0.6 is 12.4 Å². The summed E-state index contributed by atoms with van der Waals surface area (Å²) in [4.78, 5) is 10.9. The first-order chi connectivity index (χ1) is 9.75. The molecule has 0 aliphatic carbocycles. The van der Waals surface area contributed by atoms with Crippen molar-refractivity contribution in [3.8, 4) is 5.82 Å². The molecule has 2 aromatic rings. The molecular formula is C13H19ClN6O. The average Bonchev–Trinajstić information content (AvgIpc) is 2.98. The Balaban J connectivity index is 0.00000161. The molecule has 0 aromatic carbocycles. The molecule has 3 heterocycles. The van der Waals surface area contributed by atoms with Crippen molar-refractivity contribution in [2.45, 2.75) is 13.0 Å². The normalized spacial score (nSPS) is 16.4. The Hall–Kier alpha value is -1.70. The van der Waals surface area contributed by atoms with Crippen LogP contribution in [0.3, 0.4) is 0 Å². The molecule has 3 rings (SSSR count). The summed E-state index contributed by atoms with van der Waals surface area (Å²) in [6.07, 6.45) is 3.35. The van der Waals surface area contributed by atoms with Crippen molar-refractivity contribution in [1.82, 2.24) is 19.7 Å². The molecule has 114 valence electrons. The summed E-state index contributed by atoms with van der Waals surface area (Å²) in [5.74, 6) is 1.43. The Bertz CT molecular complexity index is 564. The van der Waals surface area contributed by atoms with Gasteiger partial charge in [0.25, 0.3) is 0 Å². The van der Waals surface area contributed by atoms with Crippen molar-refractivity contribution in [3.05, 3.63) is 30.5 Å². The van der Waals surface area contributed by atoms with Gasteiger partial charge in [0.05, 0.1) is 31.1 Å². The number of hydrogen-bond acceptors (Lipinski definition) is 6. The van der Waals surface area contributed by atoms with Gasteiger partial charge in [-0.05, 0) is 19.1 Å². The van der Waals surface area contributed by atoms with Crippen LogP contribution in [0.15, 0.2) is 24.7 Å². The molecule has 1 aliphatic heterocycles. The molecule has 21 heavy (non-hydrogen) atoms. The van der Waals surface area contributed by atoms with Gasteiger partial charge in [-0.2, -0.15) is 9.78 Å². The largest absolute Gasteiger partial charge is 0.378 e. The maximum atomic E-state index is 5.87.